The molecule has 22 heavy (non-hydrogen) atoms. The summed E-state index contributed by atoms with van der Waals surface area (Å²) in [6.07, 6.45) is 0.332. The third kappa shape index (κ3) is 3.74. The molecular formula is C17H23N3O2. The summed E-state index contributed by atoms with van der Waals surface area (Å²) < 4.78 is 6.92. The van der Waals surface area contributed by atoms with Crippen LogP contribution in [0.4, 0.5) is 0 Å². The predicted molar refractivity (Wildman–Crippen MR) is 86.2 cm³/mol. The van der Waals surface area contributed by atoms with E-state index in [-0.39, 0.29) is 11.9 Å². The molecule has 5 nitrogen and oxygen atoms in total. The lowest BCUT2D eigenvalue weighted by Gasteiger charge is -2.12. The van der Waals surface area contributed by atoms with E-state index in [4.69, 9.17) is 4.74 Å². The molecule has 1 N–H and O–H groups in total. The standard InChI is InChI=1S/C17H23N3O2/c1-12(11-22-4)18-17(21)10-16-13(2)19-20(14(16)3)15-8-6-5-7-9-15/h5-9,12H,10-11H2,1-4H3,(H,18,21). The molecule has 0 bridgehead atoms. The number of amides is 1. The molecule has 0 aliphatic heterocycles. The van der Waals surface area contributed by atoms with Crippen LogP contribution in [0.15, 0.2) is 30.3 Å². The highest BCUT2D eigenvalue weighted by molar-refractivity contribution is 5.79. The van der Waals surface area contributed by atoms with Gasteiger partial charge in [-0.25, -0.2) is 4.68 Å². The summed E-state index contributed by atoms with van der Waals surface area (Å²) in [4.78, 5) is 12.1. The molecule has 0 saturated carbocycles. The molecule has 1 aromatic carbocycles. The molecule has 118 valence electrons. The molecule has 0 spiro atoms. The molecule has 1 amide bonds. The van der Waals surface area contributed by atoms with Crippen LogP contribution in [-0.4, -0.2) is 35.4 Å². The van der Waals surface area contributed by atoms with E-state index in [1.165, 1.54) is 0 Å². The summed E-state index contributed by atoms with van der Waals surface area (Å²) in [6.45, 7) is 6.36. The van der Waals surface area contributed by atoms with Crippen molar-refractivity contribution in [2.45, 2.75) is 33.2 Å². The fraction of sp³-hybridized carbons (Fsp3) is 0.412. The van der Waals surface area contributed by atoms with E-state index in [0.717, 1.165) is 22.6 Å². The van der Waals surface area contributed by atoms with E-state index < -0.39 is 0 Å². The molecule has 0 saturated heterocycles. The molecule has 0 aliphatic carbocycles. The Labute approximate surface area is 131 Å². The van der Waals surface area contributed by atoms with E-state index in [2.05, 4.69) is 10.4 Å². The first-order valence-electron chi connectivity index (χ1n) is 7.41. The zero-order chi connectivity index (χ0) is 16.1. The Bertz CT molecular complexity index is 635. The van der Waals surface area contributed by atoms with Crippen molar-refractivity contribution < 1.29 is 9.53 Å². The van der Waals surface area contributed by atoms with Crippen molar-refractivity contribution in [1.29, 1.82) is 0 Å². The second-order valence-electron chi connectivity index (χ2n) is 5.50. The molecule has 2 aromatic rings. The number of aryl methyl sites for hydroxylation is 1. The number of benzene rings is 1. The molecule has 1 atom stereocenters. The molecule has 0 aliphatic rings. The van der Waals surface area contributed by atoms with E-state index in [0.29, 0.717) is 13.0 Å². The highest BCUT2D eigenvalue weighted by Crippen LogP contribution is 2.18. The first kappa shape index (κ1) is 16.2. The third-order valence-corrected chi connectivity index (χ3v) is 3.60. The number of hydrogen-bond donors (Lipinski definition) is 1. The number of aromatic nitrogens is 2. The van der Waals surface area contributed by atoms with Gasteiger partial charge in [0.2, 0.25) is 5.91 Å². The Kier molecular flexibility index (Phi) is 5.33. The predicted octanol–water partition coefficient (Wildman–Crippen LogP) is 2.18. The van der Waals surface area contributed by atoms with Crippen LogP contribution in [0, 0.1) is 13.8 Å². The van der Waals surface area contributed by atoms with Gasteiger partial charge in [-0.05, 0) is 32.9 Å². The fourth-order valence-electron chi connectivity index (χ4n) is 2.53. The van der Waals surface area contributed by atoms with E-state index in [1.807, 2.05) is 55.8 Å². The Morgan fingerprint density at radius 2 is 2.00 bits per heavy atom. The second kappa shape index (κ2) is 7.22. The summed E-state index contributed by atoms with van der Waals surface area (Å²) >= 11 is 0. The van der Waals surface area contributed by atoms with Gasteiger partial charge < -0.3 is 10.1 Å². The van der Waals surface area contributed by atoms with Gasteiger partial charge in [-0.3, -0.25) is 4.79 Å². The second-order valence-corrected chi connectivity index (χ2v) is 5.50. The van der Waals surface area contributed by atoms with Gasteiger partial charge in [0.1, 0.15) is 0 Å². The van der Waals surface area contributed by atoms with Crippen molar-refractivity contribution in [3.63, 3.8) is 0 Å². The smallest absolute Gasteiger partial charge is 0.224 e. The number of methoxy groups -OCH3 is 1. The third-order valence-electron chi connectivity index (χ3n) is 3.60. The largest absolute Gasteiger partial charge is 0.383 e. The van der Waals surface area contributed by atoms with E-state index in [1.54, 1.807) is 7.11 Å². The highest BCUT2D eigenvalue weighted by Gasteiger charge is 2.16. The molecule has 0 fully saturated rings. The van der Waals surface area contributed by atoms with Crippen molar-refractivity contribution in [2.24, 2.45) is 0 Å². The molecular weight excluding hydrogens is 278 g/mol. The molecule has 2 rings (SSSR count). The van der Waals surface area contributed by atoms with Crippen LogP contribution >= 0.6 is 0 Å². The van der Waals surface area contributed by atoms with Crippen molar-refractivity contribution in [3.05, 3.63) is 47.3 Å². The minimum absolute atomic E-state index is 0.00211. The summed E-state index contributed by atoms with van der Waals surface area (Å²) in [5.41, 5.74) is 3.86. The average molecular weight is 301 g/mol. The minimum Gasteiger partial charge on any atom is -0.383 e. The van der Waals surface area contributed by atoms with Gasteiger partial charge in [0, 0.05) is 24.4 Å². The molecule has 1 unspecified atom stereocenters. The van der Waals surface area contributed by atoms with Crippen LogP contribution in [0.2, 0.25) is 0 Å². The Morgan fingerprint density at radius 3 is 2.64 bits per heavy atom. The summed E-state index contributed by atoms with van der Waals surface area (Å²) in [7, 11) is 1.63. The zero-order valence-electron chi connectivity index (χ0n) is 13.6. The Hall–Kier alpha value is -2.14. The first-order chi connectivity index (χ1) is 10.5. The monoisotopic (exact) mass is 301 g/mol. The summed E-state index contributed by atoms with van der Waals surface area (Å²) in [6, 6.07) is 9.94. The zero-order valence-corrected chi connectivity index (χ0v) is 13.6. The first-order valence-corrected chi connectivity index (χ1v) is 7.41. The maximum atomic E-state index is 12.1. The number of nitrogens with one attached hydrogen (secondary N) is 1. The maximum Gasteiger partial charge on any atom is 0.224 e. The van der Waals surface area contributed by atoms with Crippen molar-refractivity contribution >= 4 is 5.91 Å². The van der Waals surface area contributed by atoms with Crippen molar-refractivity contribution in [3.8, 4) is 5.69 Å². The molecule has 0 radical (unpaired) electrons. The summed E-state index contributed by atoms with van der Waals surface area (Å²) in [5, 5.41) is 7.49. The van der Waals surface area contributed by atoms with Gasteiger partial charge in [-0.2, -0.15) is 5.10 Å². The lowest BCUT2D eigenvalue weighted by Crippen LogP contribution is -2.36. The van der Waals surface area contributed by atoms with Gasteiger partial charge in [0.05, 0.1) is 24.4 Å². The SMILES string of the molecule is COCC(C)NC(=O)Cc1c(C)nn(-c2ccccc2)c1C. The van der Waals surface area contributed by atoms with Gasteiger partial charge in [-0.1, -0.05) is 18.2 Å². The minimum atomic E-state index is -0.0108. The number of hydrogen-bond acceptors (Lipinski definition) is 3. The van der Waals surface area contributed by atoms with Gasteiger partial charge in [0.15, 0.2) is 0 Å². The Morgan fingerprint density at radius 1 is 1.32 bits per heavy atom. The lowest BCUT2D eigenvalue weighted by molar-refractivity contribution is -0.121. The molecule has 5 heteroatoms. The van der Waals surface area contributed by atoms with Crippen LogP contribution in [0.3, 0.4) is 0 Å². The fourth-order valence-corrected chi connectivity index (χ4v) is 2.53. The van der Waals surface area contributed by atoms with Crippen molar-refractivity contribution in [2.75, 3.05) is 13.7 Å². The number of nitrogens with zero attached hydrogens (tertiary/aromatic N) is 2. The normalized spacial score (nSPS) is 12.2. The topological polar surface area (TPSA) is 56.1 Å². The number of carbonyl (C=O) groups excluding carboxylic acids is 1. The van der Waals surface area contributed by atoms with Crippen LogP contribution in [0.5, 0.6) is 0 Å². The maximum absolute atomic E-state index is 12.1. The van der Waals surface area contributed by atoms with Gasteiger partial charge in [0.25, 0.3) is 0 Å². The number of para-hydroxylation sites is 1. The van der Waals surface area contributed by atoms with Gasteiger partial charge in [-0.15, -0.1) is 0 Å². The average Bonchev–Trinajstić information content (AvgIpc) is 2.76. The van der Waals surface area contributed by atoms with E-state index >= 15 is 0 Å². The van der Waals surface area contributed by atoms with E-state index in [9.17, 15) is 4.79 Å². The number of carbonyl (C=O) groups is 1. The molecule has 1 aromatic heterocycles. The molecule has 1 heterocycles. The lowest BCUT2D eigenvalue weighted by atomic mass is 10.1. The highest BCUT2D eigenvalue weighted by atomic mass is 16.5. The van der Waals surface area contributed by atoms with Crippen molar-refractivity contribution in [1.82, 2.24) is 15.1 Å². The van der Waals surface area contributed by atoms with Crippen LogP contribution in [0.25, 0.3) is 5.69 Å². The van der Waals surface area contributed by atoms with Crippen LogP contribution in [-0.2, 0) is 16.0 Å². The Balaban J connectivity index is 2.16. The van der Waals surface area contributed by atoms with Crippen LogP contribution in [0.1, 0.15) is 23.9 Å². The number of ether oxygens (including phenoxy) is 1. The summed E-state index contributed by atoms with van der Waals surface area (Å²) in [5.74, 6) is -0.0108. The van der Waals surface area contributed by atoms with Crippen LogP contribution < -0.4 is 5.32 Å². The quantitative estimate of drug-likeness (QED) is 0.890. The van der Waals surface area contributed by atoms with Gasteiger partial charge >= 0.3 is 0 Å². The number of rotatable bonds is 6.